The minimum absolute atomic E-state index is 0.320. The van der Waals surface area contributed by atoms with Crippen molar-refractivity contribution >= 4 is 23.2 Å². The minimum atomic E-state index is 0.320. The van der Waals surface area contributed by atoms with Crippen LogP contribution >= 0.6 is 23.2 Å². The molecular weight excluding hydrogens is 373 g/mol. The number of hydrogen-bond donors (Lipinski definition) is 0. The lowest BCUT2D eigenvalue weighted by Gasteiger charge is -2.35. The molecule has 0 N–H and O–H groups in total. The Morgan fingerprint density at radius 2 is 1.88 bits per heavy atom. The van der Waals surface area contributed by atoms with E-state index in [1.807, 2.05) is 18.3 Å². The van der Waals surface area contributed by atoms with Gasteiger partial charge in [-0.25, -0.2) is 4.68 Å². The fraction of sp³-hybridized carbons (Fsp3) is 0.526. The highest BCUT2D eigenvalue weighted by atomic mass is 35.5. The number of benzene rings is 1. The van der Waals surface area contributed by atoms with Crippen LogP contribution in [0.5, 0.6) is 5.88 Å². The molecule has 1 fully saturated rings. The first-order valence-corrected chi connectivity index (χ1v) is 9.78. The van der Waals surface area contributed by atoms with Gasteiger partial charge in [0.1, 0.15) is 0 Å². The molecule has 2 heterocycles. The van der Waals surface area contributed by atoms with Crippen LogP contribution in [0.25, 0.3) is 5.69 Å². The fourth-order valence-corrected chi connectivity index (χ4v) is 3.53. The maximum Gasteiger partial charge on any atom is 0.233 e. The Morgan fingerprint density at radius 3 is 2.62 bits per heavy atom. The lowest BCUT2D eigenvalue weighted by Crippen LogP contribution is -2.45. The summed E-state index contributed by atoms with van der Waals surface area (Å²) in [5, 5.41) is 5.46. The van der Waals surface area contributed by atoms with Gasteiger partial charge in [-0.05, 0) is 51.4 Å². The van der Waals surface area contributed by atoms with E-state index in [1.54, 1.807) is 16.8 Å². The molecule has 0 radical (unpaired) electrons. The highest BCUT2D eigenvalue weighted by Crippen LogP contribution is 2.24. The van der Waals surface area contributed by atoms with E-state index in [9.17, 15) is 0 Å². The summed E-state index contributed by atoms with van der Waals surface area (Å²) in [6.07, 6.45) is 4.60. The summed E-state index contributed by atoms with van der Waals surface area (Å²) in [6.45, 7) is 8.04. The lowest BCUT2D eigenvalue weighted by molar-refractivity contribution is -0.0682. The highest BCUT2D eigenvalue weighted by Gasteiger charge is 2.21. The number of hydrogen-bond acceptors (Lipinski definition) is 4. The lowest BCUT2D eigenvalue weighted by atomic mass is 10.2. The molecular formula is C19H25Cl2N3O2. The molecule has 2 atom stereocenters. The fourth-order valence-electron chi connectivity index (χ4n) is 3.24. The van der Waals surface area contributed by atoms with Gasteiger partial charge in [0.05, 0.1) is 34.5 Å². The Kier molecular flexibility index (Phi) is 6.81. The maximum atomic E-state index is 6.05. The second kappa shape index (κ2) is 9.09. The summed E-state index contributed by atoms with van der Waals surface area (Å²) in [6, 6.07) is 7.27. The average Bonchev–Trinajstić information content (AvgIpc) is 3.05. The van der Waals surface area contributed by atoms with Crippen LogP contribution in [0.15, 0.2) is 30.5 Å². The summed E-state index contributed by atoms with van der Waals surface area (Å²) in [5.74, 6) is 0.615. The first-order valence-electron chi connectivity index (χ1n) is 9.03. The van der Waals surface area contributed by atoms with Crippen molar-refractivity contribution in [2.45, 2.75) is 38.9 Å². The largest absolute Gasteiger partial charge is 0.477 e. The zero-order chi connectivity index (χ0) is 18.5. The maximum absolute atomic E-state index is 6.05. The summed E-state index contributed by atoms with van der Waals surface area (Å²) in [7, 11) is 0. The Balaban J connectivity index is 1.40. The van der Waals surface area contributed by atoms with Crippen molar-refractivity contribution in [2.75, 3.05) is 26.2 Å². The molecule has 1 saturated heterocycles. The monoisotopic (exact) mass is 397 g/mol. The van der Waals surface area contributed by atoms with E-state index in [4.69, 9.17) is 32.7 Å². The standard InChI is InChI=1S/C19H25Cl2N3O2/c1-14-12-23(13-15(2)26-14)8-3-4-10-25-19-7-9-24(22-19)16-5-6-17(20)18(21)11-16/h5-7,9,11,14-15H,3-4,8,10,12-13H2,1-2H3/t14-,15?/m1/s1. The van der Waals surface area contributed by atoms with Crippen molar-refractivity contribution in [3.8, 4) is 11.6 Å². The zero-order valence-electron chi connectivity index (χ0n) is 15.2. The molecule has 0 amide bonds. The second-order valence-electron chi connectivity index (χ2n) is 6.77. The van der Waals surface area contributed by atoms with Gasteiger partial charge in [-0.15, -0.1) is 5.10 Å². The van der Waals surface area contributed by atoms with Gasteiger partial charge in [0.25, 0.3) is 0 Å². The van der Waals surface area contributed by atoms with Gasteiger partial charge in [-0.3, -0.25) is 4.90 Å². The number of morpholine rings is 1. The van der Waals surface area contributed by atoms with Crippen molar-refractivity contribution in [3.63, 3.8) is 0 Å². The van der Waals surface area contributed by atoms with Crippen LogP contribution in [0, 0.1) is 0 Å². The molecule has 1 aromatic carbocycles. The summed E-state index contributed by atoms with van der Waals surface area (Å²) < 4.78 is 13.3. The Labute approximate surface area is 164 Å². The third kappa shape index (κ3) is 5.36. The molecule has 2 aromatic rings. The van der Waals surface area contributed by atoms with E-state index in [0.29, 0.717) is 34.7 Å². The number of nitrogens with zero attached hydrogens (tertiary/aromatic N) is 3. The SMILES string of the molecule is CC1CN(CCCCOc2ccn(-c3ccc(Cl)c(Cl)c3)n2)C[C@@H](C)O1. The van der Waals surface area contributed by atoms with Crippen LogP contribution in [0.2, 0.25) is 10.0 Å². The van der Waals surface area contributed by atoms with Gasteiger partial charge in [0.15, 0.2) is 0 Å². The van der Waals surface area contributed by atoms with Crippen molar-refractivity contribution in [1.82, 2.24) is 14.7 Å². The predicted molar refractivity (Wildman–Crippen MR) is 105 cm³/mol. The number of rotatable bonds is 7. The zero-order valence-corrected chi connectivity index (χ0v) is 16.7. The quantitative estimate of drug-likeness (QED) is 0.647. The molecule has 1 aliphatic rings. The summed E-state index contributed by atoms with van der Waals surface area (Å²) in [4.78, 5) is 2.47. The molecule has 142 valence electrons. The summed E-state index contributed by atoms with van der Waals surface area (Å²) in [5.41, 5.74) is 0.852. The minimum Gasteiger partial charge on any atom is -0.477 e. The van der Waals surface area contributed by atoms with E-state index < -0.39 is 0 Å². The molecule has 1 unspecified atom stereocenters. The van der Waals surface area contributed by atoms with Crippen molar-refractivity contribution in [1.29, 1.82) is 0 Å². The van der Waals surface area contributed by atoms with Crippen LogP contribution in [-0.4, -0.2) is 53.1 Å². The van der Waals surface area contributed by atoms with Crippen LogP contribution in [0.1, 0.15) is 26.7 Å². The molecule has 1 aromatic heterocycles. The molecule has 26 heavy (non-hydrogen) atoms. The van der Waals surface area contributed by atoms with Crippen LogP contribution in [0.3, 0.4) is 0 Å². The predicted octanol–water partition coefficient (Wildman–Crippen LogP) is 4.45. The van der Waals surface area contributed by atoms with Crippen LogP contribution in [-0.2, 0) is 4.74 Å². The first-order chi connectivity index (χ1) is 12.5. The topological polar surface area (TPSA) is 39.5 Å². The Morgan fingerprint density at radius 1 is 1.12 bits per heavy atom. The third-order valence-corrected chi connectivity index (χ3v) is 5.09. The van der Waals surface area contributed by atoms with E-state index >= 15 is 0 Å². The normalized spacial score (nSPS) is 21.1. The van der Waals surface area contributed by atoms with E-state index in [-0.39, 0.29) is 0 Å². The second-order valence-corrected chi connectivity index (χ2v) is 7.58. The van der Waals surface area contributed by atoms with Crippen molar-refractivity contribution < 1.29 is 9.47 Å². The number of ether oxygens (including phenoxy) is 2. The smallest absolute Gasteiger partial charge is 0.233 e. The molecule has 1 aliphatic heterocycles. The van der Waals surface area contributed by atoms with Gasteiger partial charge in [-0.2, -0.15) is 0 Å². The number of unbranched alkanes of at least 4 members (excludes halogenated alkanes) is 1. The molecule has 7 heteroatoms. The van der Waals surface area contributed by atoms with Gasteiger partial charge in [-0.1, -0.05) is 23.2 Å². The highest BCUT2D eigenvalue weighted by molar-refractivity contribution is 6.42. The van der Waals surface area contributed by atoms with Gasteiger partial charge < -0.3 is 9.47 Å². The number of aromatic nitrogens is 2. The first kappa shape index (κ1) is 19.5. The van der Waals surface area contributed by atoms with Crippen LogP contribution in [0.4, 0.5) is 0 Å². The summed E-state index contributed by atoms with van der Waals surface area (Å²) >= 11 is 12.0. The molecule has 0 aliphatic carbocycles. The Bertz CT molecular complexity index is 713. The van der Waals surface area contributed by atoms with Crippen molar-refractivity contribution in [3.05, 3.63) is 40.5 Å². The molecule has 0 spiro atoms. The molecule has 0 bridgehead atoms. The van der Waals surface area contributed by atoms with Gasteiger partial charge in [0.2, 0.25) is 5.88 Å². The average molecular weight is 398 g/mol. The molecule has 5 nitrogen and oxygen atoms in total. The third-order valence-electron chi connectivity index (χ3n) is 4.35. The molecule has 0 saturated carbocycles. The number of halogens is 2. The van der Waals surface area contributed by atoms with E-state index in [0.717, 1.165) is 38.2 Å². The van der Waals surface area contributed by atoms with E-state index in [1.165, 1.54) is 0 Å². The molecule has 3 rings (SSSR count). The van der Waals surface area contributed by atoms with Crippen molar-refractivity contribution in [2.24, 2.45) is 0 Å². The van der Waals surface area contributed by atoms with Gasteiger partial charge >= 0.3 is 0 Å². The Hall–Kier alpha value is -1.27. The van der Waals surface area contributed by atoms with Crippen LogP contribution < -0.4 is 4.74 Å². The van der Waals surface area contributed by atoms with Gasteiger partial charge in [0, 0.05) is 25.4 Å². The van der Waals surface area contributed by atoms with E-state index in [2.05, 4.69) is 23.8 Å².